The molecule has 0 N–H and O–H groups in total. The minimum atomic E-state index is 0.842. The molecule has 6 nitrogen and oxygen atoms in total. The Bertz CT molecular complexity index is 1330. The Hall–Kier alpha value is -4.00. The predicted molar refractivity (Wildman–Crippen MR) is 175 cm³/mol. The van der Waals surface area contributed by atoms with Crippen molar-refractivity contribution in [3.63, 3.8) is 0 Å². The average molecular weight is 564 g/mol. The number of nitrogens with zero attached hydrogens (tertiary/aromatic N) is 5. The molecule has 1 aliphatic heterocycles. The molecule has 5 rings (SSSR count). The van der Waals surface area contributed by atoms with Gasteiger partial charge >= 0.3 is 0 Å². The lowest BCUT2D eigenvalue weighted by atomic mass is 10.0. The number of rotatable bonds is 11. The van der Waals surface area contributed by atoms with Crippen LogP contribution in [0.2, 0.25) is 0 Å². The Labute approximate surface area is 252 Å². The molecular formula is C36H45N5O. The Morgan fingerprint density at radius 3 is 2.12 bits per heavy atom. The van der Waals surface area contributed by atoms with Gasteiger partial charge in [0, 0.05) is 44.1 Å². The smallest absolute Gasteiger partial charge is 0.128 e. The van der Waals surface area contributed by atoms with Gasteiger partial charge in [-0.05, 0) is 94.5 Å². The maximum atomic E-state index is 5.21. The zero-order valence-corrected chi connectivity index (χ0v) is 25.6. The molecular weight excluding hydrogens is 518 g/mol. The van der Waals surface area contributed by atoms with Gasteiger partial charge in [0.05, 0.1) is 12.8 Å². The van der Waals surface area contributed by atoms with Gasteiger partial charge in [0.25, 0.3) is 0 Å². The van der Waals surface area contributed by atoms with Crippen molar-refractivity contribution in [3.05, 3.63) is 126 Å². The lowest BCUT2D eigenvalue weighted by Crippen LogP contribution is -2.31. The summed E-state index contributed by atoms with van der Waals surface area (Å²) in [7, 11) is 5.86. The van der Waals surface area contributed by atoms with Crippen LogP contribution in [-0.4, -0.2) is 73.7 Å². The standard InChI is InChI=1S/C19H22N2.C17H23N3O/c1-16-7-9-17(10-8-16)18(19-6-2-3-12-20-19)11-15-21-13-4-5-14-21;1-19(2)12-13-20(17-6-4-5-11-18-17)14-15-7-9-16(21-3)10-8-15/h2-3,6-12H,4-5,13-15H2,1H3;4-11H,12-14H2,1-3H3/b18-11+;. The Balaban J connectivity index is 0.000000193. The van der Waals surface area contributed by atoms with Crippen molar-refractivity contribution in [2.75, 3.05) is 58.8 Å². The van der Waals surface area contributed by atoms with Crippen LogP contribution in [0.15, 0.2) is 103 Å². The van der Waals surface area contributed by atoms with Gasteiger partial charge in [-0.2, -0.15) is 0 Å². The molecule has 0 amide bonds. The molecule has 42 heavy (non-hydrogen) atoms. The quantitative estimate of drug-likeness (QED) is 0.206. The summed E-state index contributed by atoms with van der Waals surface area (Å²) in [5.41, 5.74) is 6.08. The fourth-order valence-corrected chi connectivity index (χ4v) is 4.90. The van der Waals surface area contributed by atoms with E-state index in [-0.39, 0.29) is 0 Å². The molecule has 0 spiro atoms. The molecule has 6 heteroatoms. The third-order valence-corrected chi connectivity index (χ3v) is 7.38. The van der Waals surface area contributed by atoms with E-state index >= 15 is 0 Å². The summed E-state index contributed by atoms with van der Waals surface area (Å²) in [6.45, 7) is 8.36. The average Bonchev–Trinajstić information content (AvgIpc) is 3.55. The van der Waals surface area contributed by atoms with E-state index < -0.39 is 0 Å². The zero-order valence-electron chi connectivity index (χ0n) is 25.6. The second-order valence-electron chi connectivity index (χ2n) is 11.0. The zero-order chi connectivity index (χ0) is 29.6. The normalized spacial score (nSPS) is 13.5. The molecule has 0 aliphatic carbocycles. The minimum absolute atomic E-state index is 0.842. The van der Waals surface area contributed by atoms with Gasteiger partial charge in [-0.1, -0.05) is 60.2 Å². The van der Waals surface area contributed by atoms with E-state index in [1.165, 1.54) is 48.2 Å². The van der Waals surface area contributed by atoms with Gasteiger partial charge in [0.2, 0.25) is 0 Å². The van der Waals surface area contributed by atoms with Crippen LogP contribution < -0.4 is 9.64 Å². The fraction of sp³-hybridized carbons (Fsp3) is 0.333. The number of methoxy groups -OCH3 is 1. The Morgan fingerprint density at radius 2 is 1.52 bits per heavy atom. The van der Waals surface area contributed by atoms with E-state index in [1.807, 2.05) is 42.7 Å². The summed E-state index contributed by atoms with van der Waals surface area (Å²) < 4.78 is 5.21. The summed E-state index contributed by atoms with van der Waals surface area (Å²) in [4.78, 5) is 16.0. The maximum absolute atomic E-state index is 5.21. The molecule has 0 radical (unpaired) electrons. The maximum Gasteiger partial charge on any atom is 0.128 e. The molecule has 0 bridgehead atoms. The van der Waals surface area contributed by atoms with Crippen LogP contribution in [0.1, 0.15) is 35.2 Å². The molecule has 1 fully saturated rings. The molecule has 2 aromatic heterocycles. The number of benzene rings is 2. The van der Waals surface area contributed by atoms with Gasteiger partial charge in [0.15, 0.2) is 0 Å². The summed E-state index contributed by atoms with van der Waals surface area (Å²) in [6, 6.07) is 29.1. The van der Waals surface area contributed by atoms with Crippen molar-refractivity contribution in [2.45, 2.75) is 26.3 Å². The summed E-state index contributed by atoms with van der Waals surface area (Å²) in [5.74, 6) is 1.89. The van der Waals surface area contributed by atoms with E-state index in [0.29, 0.717) is 0 Å². The fourth-order valence-electron chi connectivity index (χ4n) is 4.90. The number of likely N-dealkylation sites (tertiary alicyclic amines) is 1. The molecule has 220 valence electrons. The van der Waals surface area contributed by atoms with Crippen LogP contribution >= 0.6 is 0 Å². The molecule has 3 heterocycles. The van der Waals surface area contributed by atoms with Crippen molar-refractivity contribution in [3.8, 4) is 5.75 Å². The number of hydrogen-bond acceptors (Lipinski definition) is 6. The van der Waals surface area contributed by atoms with Crippen molar-refractivity contribution in [1.29, 1.82) is 0 Å². The summed E-state index contributed by atoms with van der Waals surface area (Å²) in [6.07, 6.45) is 8.70. The van der Waals surface area contributed by atoms with Crippen molar-refractivity contribution in [1.82, 2.24) is 19.8 Å². The highest BCUT2D eigenvalue weighted by molar-refractivity contribution is 5.78. The Morgan fingerprint density at radius 1 is 0.833 bits per heavy atom. The van der Waals surface area contributed by atoms with Gasteiger partial charge in [-0.25, -0.2) is 4.98 Å². The monoisotopic (exact) mass is 563 g/mol. The highest BCUT2D eigenvalue weighted by Gasteiger charge is 2.12. The second kappa shape index (κ2) is 16.4. The van der Waals surface area contributed by atoms with Gasteiger partial charge in [-0.3, -0.25) is 9.88 Å². The van der Waals surface area contributed by atoms with Crippen molar-refractivity contribution >= 4 is 11.4 Å². The van der Waals surface area contributed by atoms with Crippen LogP contribution in [0, 0.1) is 6.92 Å². The first-order valence-electron chi connectivity index (χ1n) is 14.9. The first-order chi connectivity index (χ1) is 20.5. The number of pyridine rings is 2. The van der Waals surface area contributed by atoms with E-state index in [1.54, 1.807) is 7.11 Å². The van der Waals surface area contributed by atoms with Crippen LogP contribution in [-0.2, 0) is 6.54 Å². The summed E-state index contributed by atoms with van der Waals surface area (Å²) in [5, 5.41) is 0. The largest absolute Gasteiger partial charge is 0.497 e. The molecule has 0 saturated carbocycles. The minimum Gasteiger partial charge on any atom is -0.497 e. The van der Waals surface area contributed by atoms with Gasteiger partial charge in [0.1, 0.15) is 11.6 Å². The van der Waals surface area contributed by atoms with Crippen LogP contribution in [0.4, 0.5) is 5.82 Å². The van der Waals surface area contributed by atoms with Gasteiger partial charge in [-0.15, -0.1) is 0 Å². The molecule has 0 atom stereocenters. The molecule has 4 aromatic rings. The van der Waals surface area contributed by atoms with Crippen LogP contribution in [0.3, 0.4) is 0 Å². The summed E-state index contributed by atoms with van der Waals surface area (Å²) >= 11 is 0. The highest BCUT2D eigenvalue weighted by atomic mass is 16.5. The number of anilines is 1. The SMILES string of the molecule is COc1ccc(CN(CCN(C)C)c2ccccn2)cc1.Cc1ccc(/C(=C\CN2CCCC2)c2ccccn2)cc1. The van der Waals surface area contributed by atoms with Crippen molar-refractivity contribution in [2.24, 2.45) is 0 Å². The third kappa shape index (κ3) is 9.82. The lowest BCUT2D eigenvalue weighted by molar-refractivity contribution is 0.377. The first kappa shape index (κ1) is 30.9. The molecule has 2 aromatic carbocycles. The second-order valence-corrected chi connectivity index (χ2v) is 11.0. The number of hydrogen-bond donors (Lipinski definition) is 0. The van der Waals surface area contributed by atoms with Gasteiger partial charge < -0.3 is 14.5 Å². The predicted octanol–water partition coefficient (Wildman–Crippen LogP) is 6.58. The van der Waals surface area contributed by atoms with E-state index in [2.05, 4.69) is 106 Å². The Kier molecular flexibility index (Phi) is 12.1. The highest BCUT2D eigenvalue weighted by Crippen LogP contribution is 2.23. The topological polar surface area (TPSA) is 44.7 Å². The number of ether oxygens (including phenoxy) is 1. The number of aryl methyl sites for hydroxylation is 1. The molecule has 0 unspecified atom stereocenters. The third-order valence-electron chi connectivity index (χ3n) is 7.38. The lowest BCUT2D eigenvalue weighted by Gasteiger charge is -2.25. The number of likely N-dealkylation sites (N-methyl/N-ethyl adjacent to an activating group) is 1. The van der Waals surface area contributed by atoms with Crippen molar-refractivity contribution < 1.29 is 4.74 Å². The van der Waals surface area contributed by atoms with E-state index in [0.717, 1.165) is 43.4 Å². The molecule has 1 saturated heterocycles. The van der Waals surface area contributed by atoms with E-state index in [4.69, 9.17) is 4.74 Å². The van der Waals surface area contributed by atoms with E-state index in [9.17, 15) is 0 Å². The molecule has 1 aliphatic rings. The van der Waals surface area contributed by atoms with Crippen LogP contribution in [0.5, 0.6) is 5.75 Å². The first-order valence-corrected chi connectivity index (χ1v) is 14.9. The number of aromatic nitrogens is 2. The van der Waals surface area contributed by atoms with Crippen LogP contribution in [0.25, 0.3) is 5.57 Å².